The van der Waals surface area contributed by atoms with E-state index in [0.29, 0.717) is 6.61 Å². The summed E-state index contributed by atoms with van der Waals surface area (Å²) in [6, 6.07) is 2.08. The molecule has 0 aliphatic carbocycles. The van der Waals surface area contributed by atoms with Crippen LogP contribution in [0, 0.1) is 11.8 Å². The second-order valence-electron chi connectivity index (χ2n) is 2.89. The Balaban J connectivity index is 2.44. The normalized spacial score (nSPS) is 9.57. The van der Waals surface area contributed by atoms with Crippen molar-refractivity contribution in [3.05, 3.63) is 21.9 Å². The third kappa shape index (κ3) is 3.93. The van der Waals surface area contributed by atoms with E-state index in [0.717, 1.165) is 18.5 Å². The molecule has 0 spiro atoms. The van der Waals surface area contributed by atoms with E-state index in [9.17, 15) is 0 Å². The highest BCUT2D eigenvalue weighted by Gasteiger charge is 1.95. The van der Waals surface area contributed by atoms with Crippen LogP contribution in [0.1, 0.15) is 16.9 Å². The van der Waals surface area contributed by atoms with Gasteiger partial charge in [-0.1, -0.05) is 11.8 Å². The summed E-state index contributed by atoms with van der Waals surface area (Å²) in [5.41, 5.74) is 1.10. The lowest BCUT2D eigenvalue weighted by atomic mass is 10.3. The van der Waals surface area contributed by atoms with E-state index in [4.69, 9.17) is 4.74 Å². The zero-order chi connectivity index (χ0) is 10.2. The lowest BCUT2D eigenvalue weighted by molar-refractivity contribution is 0.187. The Morgan fingerprint density at radius 2 is 2.43 bits per heavy atom. The molecule has 0 unspecified atom stereocenters. The summed E-state index contributed by atoms with van der Waals surface area (Å²) < 4.78 is 5.04. The minimum atomic E-state index is 0.683. The van der Waals surface area contributed by atoms with Crippen LogP contribution in [-0.4, -0.2) is 20.7 Å². The Bertz CT molecular complexity index is 322. The number of thiophene rings is 1. The lowest BCUT2D eigenvalue weighted by Crippen LogP contribution is -2.05. The molecule has 3 heteroatoms. The third-order valence-electron chi connectivity index (χ3n) is 1.67. The second kappa shape index (κ2) is 6.61. The molecule has 0 saturated carbocycles. The summed E-state index contributed by atoms with van der Waals surface area (Å²) in [5, 5.41) is 5.13. The molecule has 0 aliphatic rings. The van der Waals surface area contributed by atoms with E-state index in [1.54, 1.807) is 18.4 Å². The summed E-state index contributed by atoms with van der Waals surface area (Å²) >= 11 is 1.69. The smallest absolute Gasteiger partial charge is 0.0806 e. The van der Waals surface area contributed by atoms with Crippen molar-refractivity contribution in [2.24, 2.45) is 0 Å². The van der Waals surface area contributed by atoms with Crippen LogP contribution in [0.5, 0.6) is 0 Å². The van der Waals surface area contributed by atoms with Crippen LogP contribution in [0.3, 0.4) is 0 Å². The fourth-order valence-corrected chi connectivity index (χ4v) is 1.80. The number of nitrogens with one attached hydrogen (secondary N) is 1. The van der Waals surface area contributed by atoms with Gasteiger partial charge >= 0.3 is 0 Å². The first-order valence-corrected chi connectivity index (χ1v) is 5.44. The first-order chi connectivity index (χ1) is 6.86. The lowest BCUT2D eigenvalue weighted by Gasteiger charge is -1.89. The third-order valence-corrected chi connectivity index (χ3v) is 2.58. The van der Waals surface area contributed by atoms with Gasteiger partial charge in [0.15, 0.2) is 0 Å². The van der Waals surface area contributed by atoms with Crippen LogP contribution >= 0.6 is 11.3 Å². The van der Waals surface area contributed by atoms with E-state index in [1.807, 2.05) is 7.05 Å². The van der Waals surface area contributed by atoms with Gasteiger partial charge in [0.1, 0.15) is 0 Å². The molecular weight excluding hydrogens is 194 g/mol. The molecule has 0 fully saturated rings. The molecule has 0 bridgehead atoms. The van der Waals surface area contributed by atoms with Gasteiger partial charge in [0.25, 0.3) is 0 Å². The van der Waals surface area contributed by atoms with Gasteiger partial charge in [-0.15, -0.1) is 11.3 Å². The molecule has 0 aromatic carbocycles. The molecule has 0 aliphatic heterocycles. The Morgan fingerprint density at radius 1 is 1.57 bits per heavy atom. The first kappa shape index (κ1) is 11.3. The maximum absolute atomic E-state index is 5.04. The molecule has 1 N–H and O–H groups in total. The molecule has 1 aromatic rings. The van der Waals surface area contributed by atoms with E-state index < -0.39 is 0 Å². The van der Waals surface area contributed by atoms with Crippen molar-refractivity contribution < 1.29 is 4.74 Å². The summed E-state index contributed by atoms with van der Waals surface area (Å²) in [6.45, 7) is 1.63. The zero-order valence-electron chi connectivity index (χ0n) is 8.59. The Hall–Kier alpha value is -0.820. The number of ether oxygens (including phenoxy) is 1. The molecule has 0 atom stereocenters. The molecule has 0 radical (unpaired) electrons. The van der Waals surface area contributed by atoms with E-state index in [1.165, 1.54) is 4.88 Å². The number of hydrogen-bond acceptors (Lipinski definition) is 3. The van der Waals surface area contributed by atoms with Crippen LogP contribution < -0.4 is 5.32 Å². The monoisotopic (exact) mass is 209 g/mol. The Kier molecular flexibility index (Phi) is 5.31. The Morgan fingerprint density at radius 3 is 3.14 bits per heavy atom. The molecule has 76 valence electrons. The highest BCUT2D eigenvalue weighted by molar-refractivity contribution is 7.10. The standard InChI is InChI=1S/C11H15NOS/c1-12-6-4-3-5-10-7-11(8-13-2)14-9-10/h7,9,12H,4,6,8H2,1-2H3. The van der Waals surface area contributed by atoms with Gasteiger partial charge in [0.05, 0.1) is 6.61 Å². The van der Waals surface area contributed by atoms with Crippen LogP contribution in [0.25, 0.3) is 0 Å². The molecule has 0 saturated heterocycles. The fraction of sp³-hybridized carbons (Fsp3) is 0.455. The minimum absolute atomic E-state index is 0.683. The average Bonchev–Trinajstić information content (AvgIpc) is 2.61. The van der Waals surface area contributed by atoms with Crippen LogP contribution in [-0.2, 0) is 11.3 Å². The molecule has 1 heterocycles. The molecule has 1 aromatic heterocycles. The molecule has 0 amide bonds. The van der Waals surface area contributed by atoms with E-state index in [-0.39, 0.29) is 0 Å². The Labute approximate surface area is 89.3 Å². The number of rotatable bonds is 4. The van der Waals surface area contributed by atoms with Crippen LogP contribution in [0.4, 0.5) is 0 Å². The van der Waals surface area contributed by atoms with Gasteiger partial charge in [-0.3, -0.25) is 0 Å². The van der Waals surface area contributed by atoms with Crippen molar-refractivity contribution in [3.63, 3.8) is 0 Å². The van der Waals surface area contributed by atoms with Crippen molar-refractivity contribution in [3.8, 4) is 11.8 Å². The SMILES string of the molecule is CNCCC#Cc1csc(COC)c1. The van der Waals surface area contributed by atoms with Gasteiger partial charge in [-0.05, 0) is 13.1 Å². The van der Waals surface area contributed by atoms with Crippen molar-refractivity contribution in [2.45, 2.75) is 13.0 Å². The summed E-state index contributed by atoms with van der Waals surface area (Å²) in [5.74, 6) is 6.23. The summed E-state index contributed by atoms with van der Waals surface area (Å²) in [7, 11) is 3.64. The molecule has 1 rings (SSSR count). The van der Waals surface area contributed by atoms with Gasteiger partial charge in [-0.25, -0.2) is 0 Å². The first-order valence-electron chi connectivity index (χ1n) is 4.56. The maximum Gasteiger partial charge on any atom is 0.0806 e. The molecular formula is C11H15NOS. The zero-order valence-corrected chi connectivity index (χ0v) is 9.41. The van der Waals surface area contributed by atoms with Crippen molar-refractivity contribution >= 4 is 11.3 Å². The predicted octanol–water partition coefficient (Wildman–Crippen LogP) is 1.86. The highest BCUT2D eigenvalue weighted by Crippen LogP contribution is 2.14. The fourth-order valence-electron chi connectivity index (χ4n) is 1.02. The summed E-state index contributed by atoms with van der Waals surface area (Å²) in [4.78, 5) is 1.23. The largest absolute Gasteiger partial charge is 0.379 e. The maximum atomic E-state index is 5.04. The summed E-state index contributed by atoms with van der Waals surface area (Å²) in [6.07, 6.45) is 0.895. The number of hydrogen-bond donors (Lipinski definition) is 1. The topological polar surface area (TPSA) is 21.3 Å². The quantitative estimate of drug-likeness (QED) is 0.603. The van der Waals surface area contributed by atoms with Gasteiger partial charge in [0.2, 0.25) is 0 Å². The van der Waals surface area contributed by atoms with E-state index >= 15 is 0 Å². The van der Waals surface area contributed by atoms with Crippen molar-refractivity contribution in [1.82, 2.24) is 5.32 Å². The van der Waals surface area contributed by atoms with Crippen LogP contribution in [0.2, 0.25) is 0 Å². The predicted molar refractivity (Wildman–Crippen MR) is 60.5 cm³/mol. The highest BCUT2D eigenvalue weighted by atomic mass is 32.1. The van der Waals surface area contributed by atoms with Crippen molar-refractivity contribution in [1.29, 1.82) is 0 Å². The van der Waals surface area contributed by atoms with Gasteiger partial charge in [0, 0.05) is 35.9 Å². The second-order valence-corrected chi connectivity index (χ2v) is 3.89. The minimum Gasteiger partial charge on any atom is -0.379 e. The average molecular weight is 209 g/mol. The van der Waals surface area contributed by atoms with Gasteiger partial charge < -0.3 is 10.1 Å². The number of methoxy groups -OCH3 is 1. The van der Waals surface area contributed by atoms with Crippen LogP contribution in [0.15, 0.2) is 11.4 Å². The molecule has 2 nitrogen and oxygen atoms in total. The van der Waals surface area contributed by atoms with E-state index in [2.05, 4.69) is 28.6 Å². The van der Waals surface area contributed by atoms with Gasteiger partial charge in [-0.2, -0.15) is 0 Å². The molecule has 14 heavy (non-hydrogen) atoms. The van der Waals surface area contributed by atoms with Crippen molar-refractivity contribution in [2.75, 3.05) is 20.7 Å².